The van der Waals surface area contributed by atoms with E-state index in [0.717, 1.165) is 36.2 Å². The number of carbonyl (C=O) groups is 1. The lowest BCUT2D eigenvalue weighted by Crippen LogP contribution is -2.51. The molecule has 1 aliphatic heterocycles. The van der Waals surface area contributed by atoms with E-state index in [0.29, 0.717) is 19.6 Å². The lowest BCUT2D eigenvalue weighted by atomic mass is 10.1. The second-order valence-corrected chi connectivity index (χ2v) is 7.77. The van der Waals surface area contributed by atoms with Gasteiger partial charge in [-0.25, -0.2) is 0 Å². The van der Waals surface area contributed by atoms with E-state index in [9.17, 15) is 10.1 Å². The van der Waals surface area contributed by atoms with Crippen LogP contribution in [0.15, 0.2) is 28.7 Å². The van der Waals surface area contributed by atoms with Gasteiger partial charge in [-0.15, -0.1) is 0 Å². The van der Waals surface area contributed by atoms with Crippen LogP contribution in [-0.2, 0) is 4.79 Å². The first-order valence-corrected chi connectivity index (χ1v) is 10.1. The zero-order chi connectivity index (χ0) is 19.8. The first-order valence-electron chi connectivity index (χ1n) is 9.27. The summed E-state index contributed by atoms with van der Waals surface area (Å²) in [4.78, 5) is 18.6. The minimum atomic E-state index is -0.264. The maximum absolute atomic E-state index is 12.5. The molecule has 6 nitrogen and oxygen atoms in total. The second kappa shape index (κ2) is 10.4. The normalized spacial score (nSPS) is 17.5. The topological polar surface area (TPSA) is 74.4 Å². The number of hydrogen-bond donors (Lipinski definition) is 0. The smallest absolute Gasteiger partial charge is 0.236 e. The Morgan fingerprint density at radius 1 is 1.19 bits per heavy atom. The summed E-state index contributed by atoms with van der Waals surface area (Å²) < 4.78 is 0.998. The standard InChI is InChI=1S/C20H26BrN5O/c1-3-25(14-16(2)12-22)20(27)15-24-8-10-26(11-9-24)19(13-23)17-4-6-18(21)7-5-17/h4-7,16,19H,3,8-11,14-15H2,1-2H3/t16-,19+/m0/s1. The molecule has 0 saturated carbocycles. The van der Waals surface area contributed by atoms with Crippen molar-refractivity contribution in [1.29, 1.82) is 10.5 Å². The molecule has 7 heteroatoms. The van der Waals surface area contributed by atoms with Crippen LogP contribution >= 0.6 is 15.9 Å². The molecule has 27 heavy (non-hydrogen) atoms. The fourth-order valence-electron chi connectivity index (χ4n) is 3.26. The summed E-state index contributed by atoms with van der Waals surface area (Å²) in [6, 6.07) is 12.2. The van der Waals surface area contributed by atoms with Gasteiger partial charge in [0.05, 0.1) is 24.6 Å². The Bertz CT molecular complexity index is 701. The van der Waals surface area contributed by atoms with Crippen LogP contribution in [0.4, 0.5) is 0 Å². The zero-order valence-electron chi connectivity index (χ0n) is 15.9. The Balaban J connectivity index is 1.89. The maximum Gasteiger partial charge on any atom is 0.236 e. The highest BCUT2D eigenvalue weighted by Gasteiger charge is 2.26. The number of amides is 1. The largest absolute Gasteiger partial charge is 0.341 e. The van der Waals surface area contributed by atoms with Gasteiger partial charge in [-0.05, 0) is 31.5 Å². The summed E-state index contributed by atoms with van der Waals surface area (Å²) >= 11 is 3.42. The van der Waals surface area contributed by atoms with Crippen LogP contribution in [0.1, 0.15) is 25.5 Å². The van der Waals surface area contributed by atoms with Gasteiger partial charge in [-0.3, -0.25) is 14.6 Å². The SMILES string of the molecule is CCN(C[C@@H](C)C#N)C(=O)CN1CCN([C@H](C#N)c2ccc(Br)cc2)CC1. The van der Waals surface area contributed by atoms with Gasteiger partial charge in [-0.2, -0.15) is 10.5 Å². The van der Waals surface area contributed by atoms with Crippen molar-refractivity contribution in [1.82, 2.24) is 14.7 Å². The Labute approximate surface area is 170 Å². The molecule has 1 aliphatic rings. The Morgan fingerprint density at radius 2 is 1.81 bits per heavy atom. The molecule has 0 radical (unpaired) electrons. The molecule has 1 aromatic rings. The van der Waals surface area contributed by atoms with Gasteiger partial charge in [-0.1, -0.05) is 28.1 Å². The van der Waals surface area contributed by atoms with Gasteiger partial charge in [0.1, 0.15) is 6.04 Å². The molecule has 0 aromatic heterocycles. The number of halogens is 1. The fourth-order valence-corrected chi connectivity index (χ4v) is 3.53. The van der Waals surface area contributed by atoms with E-state index in [4.69, 9.17) is 5.26 Å². The molecule has 2 atom stereocenters. The molecule has 1 saturated heterocycles. The minimum absolute atomic E-state index is 0.0674. The van der Waals surface area contributed by atoms with Crippen LogP contribution in [0.2, 0.25) is 0 Å². The summed E-state index contributed by atoms with van der Waals surface area (Å²) in [5.74, 6) is -0.0918. The molecule has 1 aromatic carbocycles. The van der Waals surface area contributed by atoms with Crippen molar-refractivity contribution in [3.63, 3.8) is 0 Å². The zero-order valence-corrected chi connectivity index (χ0v) is 17.5. The summed E-state index contributed by atoms with van der Waals surface area (Å²) in [5, 5.41) is 18.6. The van der Waals surface area contributed by atoms with Crippen molar-refractivity contribution in [2.45, 2.75) is 19.9 Å². The summed E-state index contributed by atoms with van der Waals surface area (Å²) in [7, 11) is 0. The minimum Gasteiger partial charge on any atom is -0.341 e. The Kier molecular flexibility index (Phi) is 8.24. The monoisotopic (exact) mass is 431 g/mol. The Hall–Kier alpha value is -1.93. The van der Waals surface area contributed by atoms with Crippen LogP contribution in [0, 0.1) is 28.6 Å². The number of nitrogens with zero attached hydrogens (tertiary/aromatic N) is 5. The lowest BCUT2D eigenvalue weighted by molar-refractivity contribution is -0.133. The Morgan fingerprint density at radius 3 is 2.33 bits per heavy atom. The third kappa shape index (κ3) is 6.04. The molecular formula is C20H26BrN5O. The number of hydrogen-bond acceptors (Lipinski definition) is 5. The van der Waals surface area contributed by atoms with Gasteiger partial charge in [0.15, 0.2) is 0 Å². The third-order valence-electron chi connectivity index (χ3n) is 4.89. The van der Waals surface area contributed by atoms with Crippen molar-refractivity contribution in [3.8, 4) is 12.1 Å². The predicted octanol–water partition coefficient (Wildman–Crippen LogP) is 2.64. The molecule has 144 valence electrons. The number of nitriles is 2. The van der Waals surface area contributed by atoms with Gasteiger partial charge in [0.2, 0.25) is 5.91 Å². The van der Waals surface area contributed by atoms with Crippen LogP contribution in [0.3, 0.4) is 0 Å². The molecule has 1 amide bonds. The number of rotatable bonds is 7. The number of benzene rings is 1. The first kappa shape index (κ1) is 21.4. The summed E-state index contributed by atoms with van der Waals surface area (Å²) in [6.07, 6.45) is 0. The van der Waals surface area contributed by atoms with E-state index in [2.05, 4.69) is 37.9 Å². The van der Waals surface area contributed by atoms with E-state index in [-0.39, 0.29) is 17.9 Å². The van der Waals surface area contributed by atoms with Gasteiger partial charge >= 0.3 is 0 Å². The van der Waals surface area contributed by atoms with Crippen molar-refractivity contribution >= 4 is 21.8 Å². The summed E-state index contributed by atoms with van der Waals surface area (Å²) in [6.45, 7) is 8.25. The molecular weight excluding hydrogens is 406 g/mol. The first-order chi connectivity index (χ1) is 13.0. The van der Waals surface area contributed by atoms with Gasteiger partial charge in [0, 0.05) is 43.7 Å². The maximum atomic E-state index is 12.5. The molecule has 0 unspecified atom stereocenters. The van der Waals surface area contributed by atoms with Crippen molar-refractivity contribution in [2.24, 2.45) is 5.92 Å². The summed E-state index contributed by atoms with van der Waals surface area (Å²) in [5.41, 5.74) is 0.993. The van der Waals surface area contributed by atoms with E-state index in [1.165, 1.54) is 0 Å². The molecule has 0 N–H and O–H groups in total. The molecule has 0 bridgehead atoms. The molecule has 1 heterocycles. The number of likely N-dealkylation sites (N-methyl/N-ethyl adjacent to an activating group) is 1. The molecule has 0 spiro atoms. The van der Waals surface area contributed by atoms with E-state index < -0.39 is 0 Å². The number of carbonyl (C=O) groups excluding carboxylic acids is 1. The second-order valence-electron chi connectivity index (χ2n) is 6.86. The van der Waals surface area contributed by atoms with Crippen molar-refractivity contribution in [2.75, 3.05) is 45.8 Å². The highest BCUT2D eigenvalue weighted by molar-refractivity contribution is 9.10. The molecule has 2 rings (SSSR count). The van der Waals surface area contributed by atoms with E-state index in [1.807, 2.05) is 38.1 Å². The van der Waals surface area contributed by atoms with Crippen molar-refractivity contribution < 1.29 is 4.79 Å². The third-order valence-corrected chi connectivity index (χ3v) is 5.42. The van der Waals surface area contributed by atoms with E-state index >= 15 is 0 Å². The van der Waals surface area contributed by atoms with Crippen LogP contribution in [0.5, 0.6) is 0 Å². The fraction of sp³-hybridized carbons (Fsp3) is 0.550. The lowest BCUT2D eigenvalue weighted by Gasteiger charge is -2.37. The average Bonchev–Trinajstić information content (AvgIpc) is 2.69. The van der Waals surface area contributed by atoms with Crippen LogP contribution < -0.4 is 0 Å². The van der Waals surface area contributed by atoms with Crippen LogP contribution in [-0.4, -0.2) is 66.4 Å². The quantitative estimate of drug-likeness (QED) is 0.663. The highest BCUT2D eigenvalue weighted by Crippen LogP contribution is 2.23. The predicted molar refractivity (Wildman–Crippen MR) is 108 cm³/mol. The average molecular weight is 432 g/mol. The van der Waals surface area contributed by atoms with Crippen molar-refractivity contribution in [3.05, 3.63) is 34.3 Å². The molecule has 1 fully saturated rings. The van der Waals surface area contributed by atoms with Gasteiger partial charge < -0.3 is 4.90 Å². The highest BCUT2D eigenvalue weighted by atomic mass is 79.9. The van der Waals surface area contributed by atoms with E-state index in [1.54, 1.807) is 4.90 Å². The molecule has 0 aliphatic carbocycles. The van der Waals surface area contributed by atoms with Crippen LogP contribution in [0.25, 0.3) is 0 Å². The van der Waals surface area contributed by atoms with Gasteiger partial charge in [0.25, 0.3) is 0 Å². The number of piperazine rings is 1.